The summed E-state index contributed by atoms with van der Waals surface area (Å²) in [7, 11) is 1.36. The molecule has 1 atom stereocenters. The molecule has 1 fully saturated rings. The minimum Gasteiger partial charge on any atom is -0.465 e. The van der Waals surface area contributed by atoms with Crippen LogP contribution in [0.5, 0.6) is 0 Å². The first-order chi connectivity index (χ1) is 14.6. The fraction of sp³-hybridized carbons (Fsp3) is 0.318. The van der Waals surface area contributed by atoms with Crippen LogP contribution in [0.15, 0.2) is 47.0 Å². The highest BCUT2D eigenvalue weighted by Gasteiger charge is 2.27. The number of primary amides is 1. The number of piperidine rings is 1. The average Bonchev–Trinajstić information content (AvgIpc) is 3.43. The van der Waals surface area contributed by atoms with E-state index in [0.29, 0.717) is 29.0 Å². The largest absolute Gasteiger partial charge is 0.465 e. The third kappa shape index (κ3) is 3.99. The van der Waals surface area contributed by atoms with Gasteiger partial charge >= 0.3 is 5.97 Å². The van der Waals surface area contributed by atoms with Gasteiger partial charge in [0.15, 0.2) is 0 Å². The van der Waals surface area contributed by atoms with Crippen LogP contribution in [0.2, 0.25) is 0 Å². The van der Waals surface area contributed by atoms with Crippen molar-refractivity contribution in [3.63, 3.8) is 0 Å². The van der Waals surface area contributed by atoms with E-state index >= 15 is 0 Å². The maximum atomic E-state index is 12.0. The summed E-state index contributed by atoms with van der Waals surface area (Å²) in [5.41, 5.74) is 7.90. The highest BCUT2D eigenvalue weighted by atomic mass is 16.5. The monoisotopic (exact) mass is 408 g/mol. The number of hydrogen-bond donors (Lipinski definition) is 2. The number of aromatic amines is 1. The number of likely N-dealkylation sites (tertiary alicyclic amines) is 1. The molecule has 3 heterocycles. The number of esters is 1. The number of hydrogen-bond acceptors (Lipinski definition) is 6. The van der Waals surface area contributed by atoms with Crippen molar-refractivity contribution < 1.29 is 18.7 Å². The van der Waals surface area contributed by atoms with Crippen molar-refractivity contribution in [2.24, 2.45) is 5.73 Å². The summed E-state index contributed by atoms with van der Waals surface area (Å²) in [5.74, 6) is 0.746. The van der Waals surface area contributed by atoms with Gasteiger partial charge in [-0.1, -0.05) is 18.2 Å². The van der Waals surface area contributed by atoms with Gasteiger partial charge in [0.25, 0.3) is 5.91 Å². The van der Waals surface area contributed by atoms with Crippen LogP contribution in [0.1, 0.15) is 50.9 Å². The zero-order valence-corrected chi connectivity index (χ0v) is 16.8. The summed E-state index contributed by atoms with van der Waals surface area (Å²) in [6, 6.07) is 11.0. The van der Waals surface area contributed by atoms with Crippen molar-refractivity contribution in [1.82, 2.24) is 15.1 Å². The summed E-state index contributed by atoms with van der Waals surface area (Å²) in [4.78, 5) is 26.0. The number of aromatic nitrogens is 2. The summed E-state index contributed by atoms with van der Waals surface area (Å²) in [5, 5.41) is 6.94. The topological polar surface area (TPSA) is 114 Å². The lowest BCUT2D eigenvalue weighted by molar-refractivity contribution is 0.0601. The Morgan fingerprint density at radius 3 is 2.90 bits per heavy atom. The van der Waals surface area contributed by atoms with Gasteiger partial charge in [0.1, 0.15) is 11.5 Å². The second-order valence-corrected chi connectivity index (χ2v) is 7.44. The summed E-state index contributed by atoms with van der Waals surface area (Å²) in [6.07, 6.45) is 3.46. The molecule has 0 saturated carbocycles. The number of rotatable bonds is 6. The van der Waals surface area contributed by atoms with Crippen molar-refractivity contribution >= 4 is 11.9 Å². The fourth-order valence-corrected chi connectivity index (χ4v) is 4.05. The maximum Gasteiger partial charge on any atom is 0.338 e. The van der Waals surface area contributed by atoms with Crippen LogP contribution in [0.3, 0.4) is 0 Å². The van der Waals surface area contributed by atoms with Gasteiger partial charge in [0.05, 0.1) is 36.7 Å². The van der Waals surface area contributed by atoms with Gasteiger partial charge in [0, 0.05) is 18.0 Å². The van der Waals surface area contributed by atoms with Gasteiger partial charge in [-0.15, -0.1) is 0 Å². The van der Waals surface area contributed by atoms with Crippen LogP contribution in [-0.2, 0) is 11.3 Å². The lowest BCUT2D eigenvalue weighted by atomic mass is 9.92. The number of nitrogens with two attached hydrogens (primary N) is 1. The Kier molecular flexibility index (Phi) is 5.67. The van der Waals surface area contributed by atoms with E-state index in [-0.39, 0.29) is 5.92 Å². The number of H-pyrrole nitrogens is 1. The zero-order valence-electron chi connectivity index (χ0n) is 16.8. The molecule has 156 valence electrons. The molecule has 1 aliphatic heterocycles. The second-order valence-electron chi connectivity index (χ2n) is 7.44. The summed E-state index contributed by atoms with van der Waals surface area (Å²) < 4.78 is 10.9. The van der Waals surface area contributed by atoms with Gasteiger partial charge < -0.3 is 14.9 Å². The Balaban J connectivity index is 1.49. The van der Waals surface area contributed by atoms with Crippen LogP contribution < -0.4 is 5.73 Å². The highest BCUT2D eigenvalue weighted by Crippen LogP contribution is 2.30. The molecule has 1 amide bonds. The third-order valence-corrected chi connectivity index (χ3v) is 5.49. The quantitative estimate of drug-likeness (QED) is 0.606. The molecule has 0 aliphatic carbocycles. The Morgan fingerprint density at radius 2 is 2.10 bits per heavy atom. The molecule has 1 aromatic carbocycles. The number of carbonyl (C=O) groups is 2. The number of ether oxygens (including phenoxy) is 1. The molecule has 3 aromatic rings. The van der Waals surface area contributed by atoms with Gasteiger partial charge in [-0.2, -0.15) is 5.10 Å². The standard InChI is InChI=1S/C22H24N4O4/c1-29-22(28)17-7-3-2-6-16(17)19-9-8-15(30-19)13-26-10-4-5-14(12-26)20-18(21(23)27)11-24-25-20/h2-3,6-9,11,14H,4-5,10,12-13H2,1H3,(H2,23,27)(H,24,25)/t14-/m1/s1. The molecule has 4 rings (SSSR count). The van der Waals surface area contributed by atoms with Crippen LogP contribution in [-0.4, -0.2) is 47.2 Å². The minimum atomic E-state index is -0.462. The smallest absolute Gasteiger partial charge is 0.338 e. The van der Waals surface area contributed by atoms with E-state index < -0.39 is 11.9 Å². The molecule has 8 heteroatoms. The molecule has 0 bridgehead atoms. The van der Waals surface area contributed by atoms with Crippen molar-refractivity contribution in [3.8, 4) is 11.3 Å². The minimum absolute atomic E-state index is 0.165. The molecule has 0 spiro atoms. The Morgan fingerprint density at radius 1 is 1.27 bits per heavy atom. The number of nitrogens with zero attached hydrogens (tertiary/aromatic N) is 2. The number of furan rings is 1. The Hall–Kier alpha value is -3.39. The molecule has 2 aromatic heterocycles. The number of carbonyl (C=O) groups excluding carboxylic acids is 2. The lowest BCUT2D eigenvalue weighted by Gasteiger charge is -2.31. The molecular weight excluding hydrogens is 384 g/mol. The lowest BCUT2D eigenvalue weighted by Crippen LogP contribution is -2.34. The first-order valence-electron chi connectivity index (χ1n) is 9.88. The second kappa shape index (κ2) is 8.54. The summed E-state index contributed by atoms with van der Waals surface area (Å²) >= 11 is 0. The molecular formula is C22H24N4O4. The molecule has 3 N–H and O–H groups in total. The highest BCUT2D eigenvalue weighted by molar-refractivity contribution is 5.96. The SMILES string of the molecule is COC(=O)c1ccccc1-c1ccc(CN2CCC[C@@H](c3[nH]ncc3C(N)=O)C2)o1. The van der Waals surface area contributed by atoms with Crippen LogP contribution in [0.25, 0.3) is 11.3 Å². The van der Waals surface area contributed by atoms with Crippen molar-refractivity contribution in [2.75, 3.05) is 20.2 Å². The number of benzene rings is 1. The van der Waals surface area contributed by atoms with E-state index in [1.807, 2.05) is 24.3 Å². The summed E-state index contributed by atoms with van der Waals surface area (Å²) in [6.45, 7) is 2.35. The van der Waals surface area contributed by atoms with Crippen LogP contribution in [0, 0.1) is 0 Å². The van der Waals surface area contributed by atoms with E-state index in [2.05, 4.69) is 15.1 Å². The first-order valence-corrected chi connectivity index (χ1v) is 9.88. The molecule has 1 aliphatic rings. The first kappa shape index (κ1) is 19.9. The van der Waals surface area contributed by atoms with Crippen molar-refractivity contribution in [3.05, 3.63) is 65.2 Å². The van der Waals surface area contributed by atoms with Crippen LogP contribution in [0.4, 0.5) is 0 Å². The predicted molar refractivity (Wildman–Crippen MR) is 110 cm³/mol. The van der Waals surface area contributed by atoms with Gasteiger partial charge in [-0.3, -0.25) is 14.8 Å². The molecule has 30 heavy (non-hydrogen) atoms. The van der Waals surface area contributed by atoms with E-state index in [9.17, 15) is 9.59 Å². The third-order valence-electron chi connectivity index (χ3n) is 5.49. The van der Waals surface area contributed by atoms with E-state index in [4.69, 9.17) is 14.9 Å². The Bertz CT molecular complexity index is 1050. The van der Waals surface area contributed by atoms with Crippen molar-refractivity contribution in [1.29, 1.82) is 0 Å². The van der Waals surface area contributed by atoms with E-state index in [0.717, 1.165) is 37.4 Å². The number of amides is 1. The molecule has 8 nitrogen and oxygen atoms in total. The predicted octanol–water partition coefficient (Wildman–Crippen LogP) is 2.93. The van der Waals surface area contributed by atoms with E-state index in [1.165, 1.54) is 13.3 Å². The number of nitrogens with one attached hydrogen (secondary N) is 1. The van der Waals surface area contributed by atoms with Crippen molar-refractivity contribution in [2.45, 2.75) is 25.3 Å². The number of methoxy groups -OCH3 is 1. The molecule has 0 radical (unpaired) electrons. The van der Waals surface area contributed by atoms with Gasteiger partial charge in [-0.05, 0) is 37.6 Å². The maximum absolute atomic E-state index is 12.0. The fourth-order valence-electron chi connectivity index (χ4n) is 4.05. The Labute approximate surface area is 174 Å². The zero-order chi connectivity index (χ0) is 21.1. The normalized spacial score (nSPS) is 17.0. The average molecular weight is 408 g/mol. The molecule has 1 saturated heterocycles. The van der Waals surface area contributed by atoms with Gasteiger partial charge in [0.2, 0.25) is 0 Å². The molecule has 0 unspecified atom stereocenters. The van der Waals surface area contributed by atoms with E-state index in [1.54, 1.807) is 12.1 Å². The van der Waals surface area contributed by atoms with Crippen LogP contribution >= 0.6 is 0 Å². The van der Waals surface area contributed by atoms with Gasteiger partial charge in [-0.25, -0.2) is 4.79 Å².